The quantitative estimate of drug-likeness (QED) is 0.599. The maximum Gasteiger partial charge on any atom is 0.270 e. The number of non-ortho nitro benzene ring substituents is 1. The maximum absolute atomic E-state index is 12.8. The minimum absolute atomic E-state index is 0.148. The van der Waals surface area contributed by atoms with Crippen LogP contribution in [0.3, 0.4) is 0 Å². The fourth-order valence-corrected chi connectivity index (χ4v) is 3.99. The van der Waals surface area contributed by atoms with Crippen molar-refractivity contribution in [3.63, 3.8) is 0 Å². The molecule has 0 spiro atoms. The third-order valence-electron chi connectivity index (χ3n) is 5.80. The number of nitrogens with zero attached hydrogens (tertiary/aromatic N) is 5. The summed E-state index contributed by atoms with van der Waals surface area (Å²) in [6.07, 6.45) is 5.50. The topological polar surface area (TPSA) is 132 Å². The summed E-state index contributed by atoms with van der Waals surface area (Å²) in [4.78, 5) is 44.6. The highest BCUT2D eigenvalue weighted by molar-refractivity contribution is 6.16. The van der Waals surface area contributed by atoms with Crippen LogP contribution in [0.1, 0.15) is 60.5 Å². The molecule has 1 aromatic carbocycles. The van der Waals surface area contributed by atoms with Gasteiger partial charge in [-0.15, -0.1) is 0 Å². The molecule has 1 aromatic heterocycles. The Hall–Kier alpha value is -3.69. The van der Waals surface area contributed by atoms with E-state index in [1.165, 1.54) is 28.9 Å². The number of hydrogen-bond acceptors (Lipinski definition) is 6. The fourth-order valence-electron chi connectivity index (χ4n) is 3.99. The number of carbonyl (C=O) groups excluding carboxylic acids is 2. The van der Waals surface area contributed by atoms with E-state index in [0.717, 1.165) is 49.9 Å². The van der Waals surface area contributed by atoms with Crippen molar-refractivity contribution in [3.05, 3.63) is 51.7 Å². The second-order valence-electron chi connectivity index (χ2n) is 8.05. The lowest BCUT2D eigenvalue weighted by Crippen LogP contribution is -2.33. The number of benzene rings is 1. The Bertz CT molecular complexity index is 1160. The summed E-state index contributed by atoms with van der Waals surface area (Å²) in [6, 6.07) is 7.25. The minimum Gasteiger partial charge on any atom is -0.306 e. The van der Waals surface area contributed by atoms with E-state index >= 15 is 0 Å². The van der Waals surface area contributed by atoms with Gasteiger partial charge < -0.3 is 5.32 Å². The standard InChI is InChI=1S/C21H20N6O4/c28-19(13-4-3-5-14(10-13)27(30)31)23-18-11-17(12-8-9-12)25-26(18)21-22-16-7-2-1-6-15(16)20(29)24-21/h3-5,10-12,15H,1-2,6-9H2,(H,23,28). The summed E-state index contributed by atoms with van der Waals surface area (Å²) in [5.41, 5.74) is 1.60. The Morgan fingerprint density at radius 3 is 2.77 bits per heavy atom. The van der Waals surface area contributed by atoms with Crippen molar-refractivity contribution in [1.82, 2.24) is 9.78 Å². The monoisotopic (exact) mass is 420 g/mol. The summed E-state index contributed by atoms with van der Waals surface area (Å²) in [7, 11) is 0. The van der Waals surface area contributed by atoms with E-state index in [1.54, 1.807) is 6.07 Å². The molecule has 2 saturated carbocycles. The van der Waals surface area contributed by atoms with Gasteiger partial charge in [-0.05, 0) is 38.2 Å². The molecule has 1 aliphatic heterocycles. The summed E-state index contributed by atoms with van der Waals surface area (Å²) in [5.74, 6) is -0.191. The second kappa shape index (κ2) is 7.53. The van der Waals surface area contributed by atoms with E-state index in [2.05, 4.69) is 20.4 Å². The van der Waals surface area contributed by atoms with E-state index in [0.29, 0.717) is 11.7 Å². The van der Waals surface area contributed by atoms with Crippen molar-refractivity contribution in [1.29, 1.82) is 0 Å². The third kappa shape index (κ3) is 3.76. The van der Waals surface area contributed by atoms with Crippen LogP contribution in [0.4, 0.5) is 11.5 Å². The zero-order valence-electron chi connectivity index (χ0n) is 16.7. The third-order valence-corrected chi connectivity index (χ3v) is 5.80. The number of hydrogen-bond donors (Lipinski definition) is 1. The van der Waals surface area contributed by atoms with Gasteiger partial charge in [-0.25, -0.2) is 4.99 Å². The molecule has 31 heavy (non-hydrogen) atoms. The molecule has 2 aromatic rings. The molecule has 2 heterocycles. The van der Waals surface area contributed by atoms with Gasteiger partial charge in [-0.2, -0.15) is 14.8 Å². The Balaban J connectivity index is 1.48. The lowest BCUT2D eigenvalue weighted by Gasteiger charge is -2.24. The van der Waals surface area contributed by atoms with Crippen molar-refractivity contribution in [2.75, 3.05) is 5.32 Å². The Morgan fingerprint density at radius 1 is 1.16 bits per heavy atom. The first-order valence-corrected chi connectivity index (χ1v) is 10.4. The molecule has 1 atom stereocenters. The van der Waals surface area contributed by atoms with Crippen molar-refractivity contribution < 1.29 is 14.5 Å². The Kier molecular flexibility index (Phi) is 4.68. The van der Waals surface area contributed by atoms with E-state index in [4.69, 9.17) is 0 Å². The highest BCUT2D eigenvalue weighted by Crippen LogP contribution is 2.40. The minimum atomic E-state index is -0.550. The first-order valence-electron chi connectivity index (χ1n) is 10.4. The van der Waals surface area contributed by atoms with Gasteiger partial charge in [0.15, 0.2) is 0 Å². The largest absolute Gasteiger partial charge is 0.306 e. The number of anilines is 1. The number of carbonyl (C=O) groups is 2. The van der Waals surface area contributed by atoms with Crippen LogP contribution in [0.25, 0.3) is 0 Å². The van der Waals surface area contributed by atoms with Gasteiger partial charge in [-0.1, -0.05) is 12.5 Å². The normalized spacial score (nSPS) is 20.5. The van der Waals surface area contributed by atoms with E-state index in [9.17, 15) is 19.7 Å². The van der Waals surface area contributed by atoms with Crippen LogP contribution >= 0.6 is 0 Å². The van der Waals surface area contributed by atoms with Crippen molar-refractivity contribution in [2.24, 2.45) is 15.9 Å². The van der Waals surface area contributed by atoms with Gasteiger partial charge in [0.25, 0.3) is 23.5 Å². The molecule has 0 saturated heterocycles. The van der Waals surface area contributed by atoms with Crippen LogP contribution < -0.4 is 5.32 Å². The van der Waals surface area contributed by atoms with Crippen LogP contribution in [-0.4, -0.2) is 38.2 Å². The summed E-state index contributed by atoms with van der Waals surface area (Å²) >= 11 is 0. The second-order valence-corrected chi connectivity index (χ2v) is 8.05. The van der Waals surface area contributed by atoms with Crippen LogP contribution in [0.15, 0.2) is 40.3 Å². The van der Waals surface area contributed by atoms with Crippen LogP contribution in [-0.2, 0) is 4.79 Å². The summed E-state index contributed by atoms with van der Waals surface area (Å²) in [5, 5.41) is 18.3. The zero-order chi connectivity index (χ0) is 21.5. The molecule has 0 radical (unpaired) electrons. The molecule has 10 nitrogen and oxygen atoms in total. The summed E-state index contributed by atoms with van der Waals surface area (Å²) in [6.45, 7) is 0. The fraction of sp³-hybridized carbons (Fsp3) is 0.381. The number of aromatic nitrogens is 2. The van der Waals surface area contributed by atoms with Crippen LogP contribution in [0.5, 0.6) is 0 Å². The molecule has 158 valence electrons. The first kappa shape index (κ1) is 19.3. The smallest absolute Gasteiger partial charge is 0.270 e. The molecular formula is C21H20N6O4. The van der Waals surface area contributed by atoms with Gasteiger partial charge in [0.2, 0.25) is 0 Å². The molecular weight excluding hydrogens is 400 g/mol. The molecule has 0 bridgehead atoms. The predicted octanol–water partition coefficient (Wildman–Crippen LogP) is 3.30. The number of amides is 2. The SMILES string of the molecule is O=C(Nc1cc(C2CC2)nn1C1=NC(=O)C2CCCCC2=N1)c1cccc([N+](=O)[O-])c1. The highest BCUT2D eigenvalue weighted by atomic mass is 16.6. The highest BCUT2D eigenvalue weighted by Gasteiger charge is 2.33. The molecule has 10 heteroatoms. The van der Waals surface area contributed by atoms with Crippen LogP contribution in [0, 0.1) is 16.0 Å². The van der Waals surface area contributed by atoms with Crippen molar-refractivity contribution >= 4 is 35.0 Å². The van der Waals surface area contributed by atoms with Gasteiger partial charge >= 0.3 is 0 Å². The molecule has 2 fully saturated rings. The number of aliphatic imine (C=N–C) groups is 2. The molecule has 2 aliphatic carbocycles. The molecule has 2 amide bonds. The van der Waals surface area contributed by atoms with E-state index in [1.807, 2.05) is 0 Å². The average Bonchev–Trinajstić information content (AvgIpc) is 3.54. The van der Waals surface area contributed by atoms with Crippen LogP contribution in [0.2, 0.25) is 0 Å². The molecule has 3 aliphatic rings. The van der Waals surface area contributed by atoms with Crippen molar-refractivity contribution in [2.45, 2.75) is 44.4 Å². The van der Waals surface area contributed by atoms with Gasteiger partial charge in [0.1, 0.15) is 5.82 Å². The molecule has 5 rings (SSSR count). The first-order chi connectivity index (χ1) is 15.0. The summed E-state index contributed by atoms with van der Waals surface area (Å²) < 4.78 is 1.40. The van der Waals surface area contributed by atoms with Gasteiger partial charge in [0, 0.05) is 35.4 Å². The van der Waals surface area contributed by atoms with E-state index < -0.39 is 10.8 Å². The van der Waals surface area contributed by atoms with Gasteiger partial charge in [-0.3, -0.25) is 19.7 Å². The molecule has 1 N–H and O–H groups in total. The Morgan fingerprint density at radius 2 is 2.00 bits per heavy atom. The number of fused-ring (bicyclic) bond motifs is 1. The Labute approximate surface area is 177 Å². The van der Waals surface area contributed by atoms with E-state index in [-0.39, 0.29) is 29.0 Å². The average molecular weight is 420 g/mol. The predicted molar refractivity (Wildman–Crippen MR) is 112 cm³/mol. The maximum atomic E-state index is 12.8. The lowest BCUT2D eigenvalue weighted by molar-refractivity contribution is -0.384. The lowest BCUT2D eigenvalue weighted by atomic mass is 9.86. The zero-order valence-corrected chi connectivity index (χ0v) is 16.7. The van der Waals surface area contributed by atoms with Gasteiger partial charge in [0.05, 0.1) is 16.5 Å². The molecule has 1 unspecified atom stereocenters. The number of nitro groups is 1. The number of rotatable bonds is 4. The number of nitrogens with one attached hydrogen (secondary N) is 1. The van der Waals surface area contributed by atoms with Crippen molar-refractivity contribution in [3.8, 4) is 0 Å². The number of nitro benzene ring substituents is 1.